The molecule has 0 fully saturated rings. The van der Waals surface area contributed by atoms with Crippen LogP contribution in [0.5, 0.6) is 0 Å². The third-order valence-electron chi connectivity index (χ3n) is 2.85. The molecule has 0 saturated carbocycles. The van der Waals surface area contributed by atoms with Gasteiger partial charge in [-0.15, -0.1) is 4.91 Å². The van der Waals surface area contributed by atoms with Crippen LogP contribution in [0.25, 0.3) is 0 Å². The lowest BCUT2D eigenvalue weighted by Gasteiger charge is -2.05. The Kier molecular flexibility index (Phi) is 9.71. The molecule has 0 unspecified atom stereocenters. The summed E-state index contributed by atoms with van der Waals surface area (Å²) in [7, 11) is 0. The number of nitrogens with zero attached hydrogens (tertiary/aromatic N) is 2. The van der Waals surface area contributed by atoms with Crippen molar-refractivity contribution in [2.75, 3.05) is 6.54 Å². The monoisotopic (exact) mass is 265 g/mol. The molecule has 0 aromatic carbocycles. The molecule has 4 nitrogen and oxygen atoms in total. The van der Waals surface area contributed by atoms with Crippen LogP contribution in [0.4, 0.5) is 0 Å². The van der Waals surface area contributed by atoms with Crippen LogP contribution in [0.3, 0.4) is 0 Å². The minimum absolute atomic E-state index is 0.374. The van der Waals surface area contributed by atoms with Crippen LogP contribution in [0.15, 0.2) is 40.2 Å². The van der Waals surface area contributed by atoms with E-state index in [9.17, 15) is 4.91 Å². The van der Waals surface area contributed by atoms with E-state index in [1.54, 1.807) is 0 Å². The van der Waals surface area contributed by atoms with E-state index in [4.69, 9.17) is 5.84 Å². The number of allylic oxidation sites excluding steroid dienone is 5. The van der Waals surface area contributed by atoms with Gasteiger partial charge >= 0.3 is 0 Å². The number of nitrogens with two attached hydrogens (primary N) is 1. The fourth-order valence-corrected chi connectivity index (χ4v) is 1.62. The normalized spacial score (nSPS) is 12.3. The van der Waals surface area contributed by atoms with Crippen molar-refractivity contribution < 1.29 is 0 Å². The van der Waals surface area contributed by atoms with Gasteiger partial charge in [0.2, 0.25) is 0 Å². The van der Waals surface area contributed by atoms with E-state index >= 15 is 0 Å². The summed E-state index contributed by atoms with van der Waals surface area (Å²) in [5.74, 6) is 5.27. The highest BCUT2D eigenvalue weighted by Gasteiger charge is 1.94. The van der Waals surface area contributed by atoms with Gasteiger partial charge in [0.25, 0.3) is 0 Å². The third-order valence-corrected chi connectivity index (χ3v) is 2.85. The second kappa shape index (κ2) is 10.5. The summed E-state index contributed by atoms with van der Waals surface area (Å²) in [5, 5.41) is 3.51. The summed E-state index contributed by atoms with van der Waals surface area (Å²) in [4.78, 5) is 10.1. The SMILES string of the molecule is CC(C)=CCCC(C)=CCCC(C)=CCN(N)N=O. The Hall–Kier alpha value is -1.42. The largest absolute Gasteiger partial charge is 0.228 e. The van der Waals surface area contributed by atoms with Crippen LogP contribution in [0.2, 0.25) is 0 Å². The summed E-state index contributed by atoms with van der Waals surface area (Å²) < 4.78 is 0. The number of hydrazine groups is 1. The molecule has 108 valence electrons. The van der Waals surface area contributed by atoms with E-state index < -0.39 is 0 Å². The molecule has 0 aromatic heterocycles. The van der Waals surface area contributed by atoms with E-state index in [-0.39, 0.29) is 0 Å². The average Bonchev–Trinajstić information content (AvgIpc) is 2.35. The molecule has 0 heterocycles. The Labute approximate surface area is 117 Å². The van der Waals surface area contributed by atoms with Crippen molar-refractivity contribution in [2.24, 2.45) is 11.1 Å². The number of rotatable bonds is 9. The van der Waals surface area contributed by atoms with Crippen LogP contribution in [-0.2, 0) is 0 Å². The number of hydrogen-bond donors (Lipinski definition) is 1. The fraction of sp³-hybridized carbons (Fsp3) is 0.600. The van der Waals surface area contributed by atoms with Gasteiger partial charge in [-0.25, -0.2) is 5.84 Å². The van der Waals surface area contributed by atoms with Gasteiger partial charge in [-0.1, -0.05) is 34.9 Å². The lowest BCUT2D eigenvalue weighted by Crippen LogP contribution is -2.24. The second-order valence-corrected chi connectivity index (χ2v) is 5.16. The van der Waals surface area contributed by atoms with E-state index in [0.29, 0.717) is 6.54 Å². The first-order chi connectivity index (χ1) is 8.95. The van der Waals surface area contributed by atoms with Gasteiger partial charge in [0, 0.05) is 0 Å². The molecule has 0 saturated heterocycles. The molecule has 0 aliphatic carbocycles. The van der Waals surface area contributed by atoms with E-state index in [1.165, 1.54) is 16.7 Å². The number of hydrogen-bond acceptors (Lipinski definition) is 3. The molecular formula is C15H27N3O. The summed E-state index contributed by atoms with van der Waals surface area (Å²) in [6, 6.07) is 0. The van der Waals surface area contributed by atoms with Crippen molar-refractivity contribution >= 4 is 0 Å². The molecule has 0 spiro atoms. The van der Waals surface area contributed by atoms with Crippen molar-refractivity contribution in [3.63, 3.8) is 0 Å². The van der Waals surface area contributed by atoms with Crippen molar-refractivity contribution in [3.05, 3.63) is 39.9 Å². The van der Waals surface area contributed by atoms with E-state index in [0.717, 1.165) is 30.8 Å². The van der Waals surface area contributed by atoms with Crippen molar-refractivity contribution in [1.82, 2.24) is 5.12 Å². The van der Waals surface area contributed by atoms with Crippen molar-refractivity contribution in [1.29, 1.82) is 0 Å². The maximum absolute atomic E-state index is 10.1. The lowest BCUT2D eigenvalue weighted by molar-refractivity contribution is 0.328. The Morgan fingerprint density at radius 2 is 1.53 bits per heavy atom. The Bertz CT molecular complexity index is 352. The van der Waals surface area contributed by atoms with Crippen LogP contribution in [0, 0.1) is 4.91 Å². The standard InChI is InChI=1S/C15H27N3O/c1-13(2)7-5-8-14(3)9-6-10-15(4)11-12-18(16)17-19/h7,9,11H,5-6,8,10,12,16H2,1-4H3. The second-order valence-electron chi connectivity index (χ2n) is 5.16. The van der Waals surface area contributed by atoms with Gasteiger partial charge < -0.3 is 0 Å². The fourth-order valence-electron chi connectivity index (χ4n) is 1.62. The maximum atomic E-state index is 10.1. The van der Waals surface area contributed by atoms with E-state index in [2.05, 4.69) is 38.2 Å². The molecule has 0 rings (SSSR count). The molecule has 0 aromatic rings. The third kappa shape index (κ3) is 11.4. The van der Waals surface area contributed by atoms with Gasteiger partial charge in [-0.3, -0.25) is 0 Å². The minimum Gasteiger partial charge on any atom is -0.228 e. The van der Waals surface area contributed by atoms with Crippen LogP contribution < -0.4 is 5.84 Å². The highest BCUT2D eigenvalue weighted by molar-refractivity contribution is 5.05. The first kappa shape index (κ1) is 17.6. The summed E-state index contributed by atoms with van der Waals surface area (Å²) in [6.07, 6.45) is 10.8. The highest BCUT2D eigenvalue weighted by Crippen LogP contribution is 2.11. The average molecular weight is 265 g/mol. The zero-order valence-corrected chi connectivity index (χ0v) is 12.6. The van der Waals surface area contributed by atoms with Crippen molar-refractivity contribution in [2.45, 2.75) is 53.4 Å². The van der Waals surface area contributed by atoms with Crippen LogP contribution in [0.1, 0.15) is 53.4 Å². The Balaban J connectivity index is 3.92. The predicted molar refractivity (Wildman–Crippen MR) is 82.1 cm³/mol. The van der Waals surface area contributed by atoms with E-state index in [1.807, 2.05) is 13.0 Å². The van der Waals surface area contributed by atoms with Crippen LogP contribution in [-0.4, -0.2) is 11.7 Å². The molecule has 19 heavy (non-hydrogen) atoms. The first-order valence-corrected chi connectivity index (χ1v) is 6.75. The molecule has 2 N–H and O–H groups in total. The summed E-state index contributed by atoms with van der Waals surface area (Å²) in [6.45, 7) is 8.85. The smallest absolute Gasteiger partial charge is 0.0746 e. The van der Waals surface area contributed by atoms with Gasteiger partial charge in [0.15, 0.2) is 0 Å². The molecular weight excluding hydrogens is 238 g/mol. The Morgan fingerprint density at radius 1 is 1.00 bits per heavy atom. The van der Waals surface area contributed by atoms with Gasteiger partial charge in [-0.05, 0) is 53.4 Å². The molecule has 0 aliphatic heterocycles. The maximum Gasteiger partial charge on any atom is 0.0746 e. The van der Waals surface area contributed by atoms with Gasteiger partial charge in [0.1, 0.15) is 0 Å². The summed E-state index contributed by atoms with van der Waals surface area (Å²) in [5.41, 5.74) is 4.04. The van der Waals surface area contributed by atoms with Crippen LogP contribution >= 0.6 is 0 Å². The molecule has 0 amide bonds. The van der Waals surface area contributed by atoms with Crippen molar-refractivity contribution in [3.8, 4) is 0 Å². The Morgan fingerprint density at radius 3 is 2.05 bits per heavy atom. The zero-order chi connectivity index (χ0) is 14.7. The molecule has 0 aliphatic rings. The molecule has 0 atom stereocenters. The summed E-state index contributed by atoms with van der Waals surface area (Å²) >= 11 is 0. The van der Waals surface area contributed by atoms with Gasteiger partial charge in [-0.2, -0.15) is 5.12 Å². The minimum atomic E-state index is 0.374. The lowest BCUT2D eigenvalue weighted by atomic mass is 10.1. The molecule has 4 heteroatoms. The predicted octanol–water partition coefficient (Wildman–Crippen LogP) is 4.26. The quantitative estimate of drug-likeness (QED) is 0.293. The molecule has 0 bridgehead atoms. The first-order valence-electron chi connectivity index (χ1n) is 6.75. The zero-order valence-electron chi connectivity index (χ0n) is 12.6. The topological polar surface area (TPSA) is 58.7 Å². The highest BCUT2D eigenvalue weighted by atomic mass is 16.3. The molecule has 0 radical (unpaired) electrons. The van der Waals surface area contributed by atoms with Gasteiger partial charge in [0.05, 0.1) is 11.8 Å². The number of nitroso groups, excluding NO2 is 1.